The molecule has 1 rings (SSSR count). The zero-order chi connectivity index (χ0) is 12.0. The van der Waals surface area contributed by atoms with Gasteiger partial charge in [0.15, 0.2) is 0 Å². The third-order valence-corrected chi connectivity index (χ3v) is 3.58. The number of rotatable bonds is 6. The molecule has 1 aliphatic rings. The van der Waals surface area contributed by atoms with Crippen LogP contribution in [0.2, 0.25) is 0 Å². The fraction of sp³-hybridized carbons (Fsp3) is 1.00. The third-order valence-electron chi connectivity index (χ3n) is 3.58. The standard InChI is InChI=1S/C12H22F3N/c1-16-11(8-9-12(13,14)15)7-6-10-4-2-3-5-10/h10-11,16H,2-9H2,1H3. The van der Waals surface area contributed by atoms with E-state index in [1.54, 1.807) is 7.05 Å². The first kappa shape index (κ1) is 13.8. The molecule has 0 bridgehead atoms. The van der Waals surface area contributed by atoms with Crippen molar-refractivity contribution < 1.29 is 13.2 Å². The third kappa shape index (κ3) is 5.73. The van der Waals surface area contributed by atoms with Crippen LogP contribution in [0.3, 0.4) is 0 Å². The van der Waals surface area contributed by atoms with Gasteiger partial charge >= 0.3 is 6.18 Å². The molecule has 16 heavy (non-hydrogen) atoms. The largest absolute Gasteiger partial charge is 0.389 e. The Morgan fingerprint density at radius 1 is 1.19 bits per heavy atom. The molecule has 1 nitrogen and oxygen atoms in total. The summed E-state index contributed by atoms with van der Waals surface area (Å²) in [4.78, 5) is 0. The topological polar surface area (TPSA) is 12.0 Å². The highest BCUT2D eigenvalue weighted by Crippen LogP contribution is 2.30. The molecule has 1 fully saturated rings. The van der Waals surface area contributed by atoms with Crippen LogP contribution in [0.4, 0.5) is 13.2 Å². The van der Waals surface area contributed by atoms with Crippen LogP contribution in [0.15, 0.2) is 0 Å². The summed E-state index contributed by atoms with van der Waals surface area (Å²) < 4.78 is 36.2. The highest BCUT2D eigenvalue weighted by molar-refractivity contribution is 4.72. The summed E-state index contributed by atoms with van der Waals surface area (Å²) in [7, 11) is 1.76. The lowest BCUT2D eigenvalue weighted by Gasteiger charge is -2.19. The van der Waals surface area contributed by atoms with Crippen LogP contribution in [-0.2, 0) is 0 Å². The Hall–Kier alpha value is -0.250. The van der Waals surface area contributed by atoms with Gasteiger partial charge < -0.3 is 5.32 Å². The molecular weight excluding hydrogens is 215 g/mol. The number of nitrogens with one attached hydrogen (secondary N) is 1. The summed E-state index contributed by atoms with van der Waals surface area (Å²) in [6.07, 6.45) is 2.67. The van der Waals surface area contributed by atoms with Gasteiger partial charge in [-0.05, 0) is 32.2 Å². The van der Waals surface area contributed by atoms with Gasteiger partial charge in [-0.15, -0.1) is 0 Å². The number of halogens is 3. The van der Waals surface area contributed by atoms with Crippen molar-refractivity contribution >= 4 is 0 Å². The molecule has 0 heterocycles. The van der Waals surface area contributed by atoms with Gasteiger partial charge in [0.2, 0.25) is 0 Å². The zero-order valence-corrected chi connectivity index (χ0v) is 9.95. The Morgan fingerprint density at radius 3 is 2.31 bits per heavy atom. The molecule has 1 unspecified atom stereocenters. The fourth-order valence-corrected chi connectivity index (χ4v) is 2.51. The van der Waals surface area contributed by atoms with E-state index in [-0.39, 0.29) is 12.5 Å². The van der Waals surface area contributed by atoms with Crippen molar-refractivity contribution in [3.05, 3.63) is 0 Å². The SMILES string of the molecule is CNC(CCC1CCCC1)CCC(F)(F)F. The number of hydrogen-bond donors (Lipinski definition) is 1. The molecule has 0 aromatic carbocycles. The van der Waals surface area contributed by atoms with Crippen LogP contribution in [-0.4, -0.2) is 19.3 Å². The second-order valence-electron chi connectivity index (χ2n) is 4.87. The first-order valence-corrected chi connectivity index (χ1v) is 6.25. The Morgan fingerprint density at radius 2 is 1.81 bits per heavy atom. The van der Waals surface area contributed by atoms with Crippen molar-refractivity contribution in [1.82, 2.24) is 5.32 Å². The smallest absolute Gasteiger partial charge is 0.317 e. The lowest BCUT2D eigenvalue weighted by molar-refractivity contribution is -0.136. The first-order valence-electron chi connectivity index (χ1n) is 6.25. The van der Waals surface area contributed by atoms with E-state index in [1.807, 2.05) is 0 Å². The summed E-state index contributed by atoms with van der Waals surface area (Å²) >= 11 is 0. The van der Waals surface area contributed by atoms with Gasteiger partial charge in [-0.3, -0.25) is 0 Å². The Balaban J connectivity index is 2.15. The summed E-state index contributed by atoms with van der Waals surface area (Å²) in [5, 5.41) is 3.00. The van der Waals surface area contributed by atoms with Crippen molar-refractivity contribution in [2.24, 2.45) is 5.92 Å². The van der Waals surface area contributed by atoms with Gasteiger partial charge in [0.25, 0.3) is 0 Å². The minimum absolute atomic E-state index is 0.0298. The molecule has 1 atom stereocenters. The normalized spacial score (nSPS) is 20.2. The van der Waals surface area contributed by atoms with Gasteiger partial charge in [-0.2, -0.15) is 13.2 Å². The number of hydrogen-bond acceptors (Lipinski definition) is 1. The molecule has 0 saturated heterocycles. The summed E-state index contributed by atoms with van der Waals surface area (Å²) in [5.41, 5.74) is 0. The monoisotopic (exact) mass is 237 g/mol. The maximum atomic E-state index is 12.1. The van der Waals surface area contributed by atoms with E-state index in [0.29, 0.717) is 0 Å². The van der Waals surface area contributed by atoms with Crippen molar-refractivity contribution in [2.75, 3.05) is 7.05 Å². The first-order chi connectivity index (χ1) is 7.51. The van der Waals surface area contributed by atoms with Crippen molar-refractivity contribution in [2.45, 2.75) is 63.6 Å². The maximum Gasteiger partial charge on any atom is 0.389 e. The van der Waals surface area contributed by atoms with Gasteiger partial charge in [0.05, 0.1) is 0 Å². The van der Waals surface area contributed by atoms with Gasteiger partial charge in [-0.25, -0.2) is 0 Å². The van der Waals surface area contributed by atoms with E-state index in [1.165, 1.54) is 25.7 Å². The van der Waals surface area contributed by atoms with Crippen molar-refractivity contribution in [3.63, 3.8) is 0 Å². The Bertz CT molecular complexity index is 185. The van der Waals surface area contributed by atoms with Gasteiger partial charge in [0, 0.05) is 12.5 Å². The molecule has 0 aromatic rings. The quantitative estimate of drug-likeness (QED) is 0.739. The highest BCUT2D eigenvalue weighted by atomic mass is 19.4. The Labute approximate surface area is 95.8 Å². The van der Waals surface area contributed by atoms with E-state index < -0.39 is 12.6 Å². The van der Waals surface area contributed by atoms with E-state index in [0.717, 1.165) is 18.8 Å². The summed E-state index contributed by atoms with van der Waals surface area (Å²) in [6, 6.07) is 0.0298. The van der Waals surface area contributed by atoms with Crippen LogP contribution in [0.5, 0.6) is 0 Å². The Kier molecular flexibility index (Phi) is 5.59. The zero-order valence-electron chi connectivity index (χ0n) is 9.95. The van der Waals surface area contributed by atoms with Crippen LogP contribution < -0.4 is 5.32 Å². The van der Waals surface area contributed by atoms with E-state index in [9.17, 15) is 13.2 Å². The summed E-state index contributed by atoms with van der Waals surface area (Å²) in [6.45, 7) is 0. The maximum absolute atomic E-state index is 12.1. The van der Waals surface area contributed by atoms with E-state index in [2.05, 4.69) is 5.32 Å². The molecule has 0 radical (unpaired) electrons. The highest BCUT2D eigenvalue weighted by Gasteiger charge is 2.28. The van der Waals surface area contributed by atoms with Crippen LogP contribution in [0.1, 0.15) is 51.4 Å². The van der Waals surface area contributed by atoms with Crippen molar-refractivity contribution in [3.8, 4) is 0 Å². The average molecular weight is 237 g/mol. The molecule has 0 aliphatic heterocycles. The summed E-state index contributed by atoms with van der Waals surface area (Å²) in [5.74, 6) is 0.765. The molecule has 4 heteroatoms. The molecule has 0 amide bonds. The average Bonchev–Trinajstić information content (AvgIpc) is 2.69. The van der Waals surface area contributed by atoms with Crippen LogP contribution in [0.25, 0.3) is 0 Å². The molecular formula is C12H22F3N. The lowest BCUT2D eigenvalue weighted by atomic mass is 9.96. The second-order valence-corrected chi connectivity index (χ2v) is 4.87. The number of alkyl halides is 3. The van der Waals surface area contributed by atoms with Crippen molar-refractivity contribution in [1.29, 1.82) is 0 Å². The molecule has 1 N–H and O–H groups in total. The van der Waals surface area contributed by atoms with Gasteiger partial charge in [-0.1, -0.05) is 25.7 Å². The van der Waals surface area contributed by atoms with Crippen LogP contribution >= 0.6 is 0 Å². The lowest BCUT2D eigenvalue weighted by Crippen LogP contribution is -2.27. The predicted octanol–water partition coefficient (Wildman–Crippen LogP) is 3.89. The fourth-order valence-electron chi connectivity index (χ4n) is 2.51. The second kappa shape index (κ2) is 6.48. The molecule has 0 spiro atoms. The minimum Gasteiger partial charge on any atom is -0.317 e. The van der Waals surface area contributed by atoms with Crippen LogP contribution in [0, 0.1) is 5.92 Å². The molecule has 0 aromatic heterocycles. The minimum atomic E-state index is -4.01. The molecule has 1 aliphatic carbocycles. The predicted molar refractivity (Wildman–Crippen MR) is 59.3 cm³/mol. The molecule has 96 valence electrons. The molecule has 1 saturated carbocycles. The van der Waals surface area contributed by atoms with Gasteiger partial charge in [0.1, 0.15) is 0 Å². The van der Waals surface area contributed by atoms with E-state index >= 15 is 0 Å². The van der Waals surface area contributed by atoms with E-state index in [4.69, 9.17) is 0 Å².